The van der Waals surface area contributed by atoms with Gasteiger partial charge in [-0.05, 0) is 25.8 Å². The third-order valence-corrected chi connectivity index (χ3v) is 4.73. The Morgan fingerprint density at radius 1 is 1.38 bits per heavy atom. The van der Waals surface area contributed by atoms with Gasteiger partial charge >= 0.3 is 0 Å². The molecule has 4 heteroatoms. The molecule has 21 heavy (non-hydrogen) atoms. The van der Waals surface area contributed by atoms with Crippen molar-refractivity contribution in [3.8, 4) is 5.75 Å². The van der Waals surface area contributed by atoms with E-state index in [1.807, 2.05) is 6.07 Å². The molecular formula is C17H24FNO2. The van der Waals surface area contributed by atoms with E-state index in [0.29, 0.717) is 11.3 Å². The molecular weight excluding hydrogens is 269 g/mol. The standard InChI is InChI=1S/C17H24FNO2/c1-12(19)15-5-4-13(10-16(15)18)21-14-6-9-20-17(11-14)7-2-3-8-17/h4-5,10,12,14H,2-3,6-9,11,19H2,1H3/t12-,14?/m0/s1. The average molecular weight is 293 g/mol. The molecule has 2 atom stereocenters. The quantitative estimate of drug-likeness (QED) is 0.924. The zero-order chi connectivity index (χ0) is 14.9. The molecule has 3 rings (SSSR count). The molecule has 1 saturated carbocycles. The van der Waals surface area contributed by atoms with Crippen molar-refractivity contribution in [3.05, 3.63) is 29.6 Å². The highest BCUT2D eigenvalue weighted by molar-refractivity contribution is 5.30. The van der Waals surface area contributed by atoms with E-state index in [-0.39, 0.29) is 23.6 Å². The smallest absolute Gasteiger partial charge is 0.131 e. The molecule has 1 aliphatic carbocycles. The Morgan fingerprint density at radius 2 is 2.14 bits per heavy atom. The summed E-state index contributed by atoms with van der Waals surface area (Å²) in [6, 6.07) is 4.69. The number of nitrogens with two attached hydrogens (primary N) is 1. The second kappa shape index (κ2) is 5.93. The molecule has 1 aromatic carbocycles. The van der Waals surface area contributed by atoms with E-state index in [1.54, 1.807) is 13.0 Å². The molecule has 1 unspecified atom stereocenters. The maximum Gasteiger partial charge on any atom is 0.131 e. The van der Waals surface area contributed by atoms with Crippen LogP contribution in [-0.2, 0) is 4.74 Å². The lowest BCUT2D eigenvalue weighted by Crippen LogP contribution is -2.41. The van der Waals surface area contributed by atoms with Crippen molar-refractivity contribution in [2.75, 3.05) is 6.61 Å². The molecule has 0 aromatic heterocycles. The molecule has 1 heterocycles. The third kappa shape index (κ3) is 3.22. The van der Waals surface area contributed by atoms with Gasteiger partial charge in [-0.1, -0.05) is 18.9 Å². The van der Waals surface area contributed by atoms with Crippen LogP contribution in [0.3, 0.4) is 0 Å². The van der Waals surface area contributed by atoms with E-state index in [0.717, 1.165) is 32.3 Å². The van der Waals surface area contributed by atoms with Gasteiger partial charge in [-0.25, -0.2) is 4.39 Å². The van der Waals surface area contributed by atoms with Gasteiger partial charge in [0, 0.05) is 30.5 Å². The van der Waals surface area contributed by atoms with E-state index in [1.165, 1.54) is 18.9 Å². The van der Waals surface area contributed by atoms with Crippen molar-refractivity contribution in [1.82, 2.24) is 0 Å². The Balaban J connectivity index is 1.67. The predicted octanol–water partition coefficient (Wildman–Crippen LogP) is 3.72. The Labute approximate surface area is 125 Å². The molecule has 2 N–H and O–H groups in total. The molecule has 1 aliphatic heterocycles. The molecule has 2 aliphatic rings. The van der Waals surface area contributed by atoms with Gasteiger partial charge in [0.2, 0.25) is 0 Å². The van der Waals surface area contributed by atoms with Crippen LogP contribution in [0.15, 0.2) is 18.2 Å². The molecule has 1 saturated heterocycles. The maximum atomic E-state index is 14.0. The SMILES string of the molecule is C[C@H](N)c1ccc(OC2CCOC3(CCCC3)C2)cc1F. The second-order valence-electron chi connectivity index (χ2n) is 6.44. The molecule has 116 valence electrons. The molecule has 0 radical (unpaired) electrons. The number of hydrogen-bond acceptors (Lipinski definition) is 3. The minimum absolute atomic E-state index is 0.0210. The van der Waals surface area contributed by atoms with Gasteiger partial charge in [-0.15, -0.1) is 0 Å². The lowest BCUT2D eigenvalue weighted by molar-refractivity contribution is -0.108. The van der Waals surface area contributed by atoms with Crippen LogP contribution in [0.2, 0.25) is 0 Å². The van der Waals surface area contributed by atoms with E-state index < -0.39 is 0 Å². The third-order valence-electron chi connectivity index (χ3n) is 4.73. The van der Waals surface area contributed by atoms with Crippen molar-refractivity contribution in [1.29, 1.82) is 0 Å². The van der Waals surface area contributed by atoms with Crippen molar-refractivity contribution in [3.63, 3.8) is 0 Å². The number of ether oxygens (including phenoxy) is 2. The predicted molar refractivity (Wildman–Crippen MR) is 79.8 cm³/mol. The van der Waals surface area contributed by atoms with E-state index in [9.17, 15) is 4.39 Å². The summed E-state index contributed by atoms with van der Waals surface area (Å²) in [5, 5.41) is 0. The van der Waals surface area contributed by atoms with Crippen molar-refractivity contribution >= 4 is 0 Å². The molecule has 0 bridgehead atoms. The summed E-state index contributed by atoms with van der Waals surface area (Å²) in [4.78, 5) is 0. The van der Waals surface area contributed by atoms with Gasteiger partial charge in [0.05, 0.1) is 12.2 Å². The highest BCUT2D eigenvalue weighted by Crippen LogP contribution is 2.41. The summed E-state index contributed by atoms with van der Waals surface area (Å²) in [5.41, 5.74) is 6.28. The topological polar surface area (TPSA) is 44.5 Å². The maximum absolute atomic E-state index is 14.0. The monoisotopic (exact) mass is 293 g/mol. The van der Waals surface area contributed by atoms with Crippen LogP contribution >= 0.6 is 0 Å². The van der Waals surface area contributed by atoms with Crippen LogP contribution in [-0.4, -0.2) is 18.3 Å². The van der Waals surface area contributed by atoms with Gasteiger partial charge in [-0.3, -0.25) is 0 Å². The van der Waals surface area contributed by atoms with E-state index in [2.05, 4.69) is 0 Å². The average Bonchev–Trinajstić information content (AvgIpc) is 2.86. The van der Waals surface area contributed by atoms with Crippen LogP contribution in [0.1, 0.15) is 57.1 Å². The van der Waals surface area contributed by atoms with Crippen LogP contribution < -0.4 is 10.5 Å². The Hall–Kier alpha value is -1.13. The normalized spacial score (nSPS) is 26.0. The van der Waals surface area contributed by atoms with Gasteiger partial charge in [0.25, 0.3) is 0 Å². The van der Waals surface area contributed by atoms with Crippen LogP contribution in [0, 0.1) is 5.82 Å². The molecule has 3 nitrogen and oxygen atoms in total. The summed E-state index contributed by atoms with van der Waals surface area (Å²) in [7, 11) is 0. The van der Waals surface area contributed by atoms with E-state index >= 15 is 0 Å². The highest BCUT2D eigenvalue weighted by atomic mass is 19.1. The first kappa shape index (κ1) is 14.8. The number of rotatable bonds is 3. The minimum Gasteiger partial charge on any atom is -0.490 e. The van der Waals surface area contributed by atoms with Gasteiger partial charge in [-0.2, -0.15) is 0 Å². The Bertz CT molecular complexity index is 498. The van der Waals surface area contributed by atoms with Crippen molar-refractivity contribution in [2.24, 2.45) is 5.73 Å². The minimum atomic E-state index is -0.302. The fourth-order valence-electron chi connectivity index (χ4n) is 3.59. The molecule has 2 fully saturated rings. The molecule has 1 aromatic rings. The summed E-state index contributed by atoms with van der Waals surface area (Å²) in [5.74, 6) is 0.307. The number of halogens is 1. The van der Waals surface area contributed by atoms with Crippen LogP contribution in [0.25, 0.3) is 0 Å². The van der Waals surface area contributed by atoms with Gasteiger partial charge in [0.1, 0.15) is 17.7 Å². The summed E-state index contributed by atoms with van der Waals surface area (Å²) in [6.45, 7) is 2.52. The first-order chi connectivity index (χ1) is 10.1. The van der Waals surface area contributed by atoms with Gasteiger partial charge in [0.15, 0.2) is 0 Å². The highest BCUT2D eigenvalue weighted by Gasteiger charge is 2.40. The lowest BCUT2D eigenvalue weighted by Gasteiger charge is -2.38. The second-order valence-corrected chi connectivity index (χ2v) is 6.44. The van der Waals surface area contributed by atoms with Gasteiger partial charge < -0.3 is 15.2 Å². The zero-order valence-electron chi connectivity index (χ0n) is 12.6. The fraction of sp³-hybridized carbons (Fsp3) is 0.647. The first-order valence-corrected chi connectivity index (χ1v) is 7.94. The largest absolute Gasteiger partial charge is 0.490 e. The summed E-state index contributed by atoms with van der Waals surface area (Å²) < 4.78 is 26.0. The zero-order valence-corrected chi connectivity index (χ0v) is 12.6. The summed E-state index contributed by atoms with van der Waals surface area (Å²) >= 11 is 0. The van der Waals surface area contributed by atoms with Crippen LogP contribution in [0.5, 0.6) is 5.75 Å². The van der Waals surface area contributed by atoms with E-state index in [4.69, 9.17) is 15.2 Å². The van der Waals surface area contributed by atoms with Crippen molar-refractivity contribution in [2.45, 2.75) is 63.2 Å². The Morgan fingerprint density at radius 3 is 2.81 bits per heavy atom. The molecule has 0 amide bonds. The van der Waals surface area contributed by atoms with Crippen LogP contribution in [0.4, 0.5) is 4.39 Å². The molecule has 1 spiro atoms. The summed E-state index contributed by atoms with van der Waals surface area (Å²) in [6.07, 6.45) is 6.66. The number of benzene rings is 1. The fourth-order valence-corrected chi connectivity index (χ4v) is 3.59. The number of hydrogen-bond donors (Lipinski definition) is 1. The lowest BCUT2D eigenvalue weighted by atomic mass is 9.90. The van der Waals surface area contributed by atoms with Crippen molar-refractivity contribution < 1.29 is 13.9 Å². The first-order valence-electron chi connectivity index (χ1n) is 7.94. The Kier molecular flexibility index (Phi) is 4.18.